The molecule has 2 fully saturated rings. The summed E-state index contributed by atoms with van der Waals surface area (Å²) in [6, 6.07) is 1.40. The van der Waals surface area contributed by atoms with Crippen LogP contribution in [-0.4, -0.2) is 41.1 Å². The van der Waals surface area contributed by atoms with Gasteiger partial charge in [0.25, 0.3) is 17.5 Å². The van der Waals surface area contributed by atoms with Crippen molar-refractivity contribution in [3.8, 4) is 0 Å². The van der Waals surface area contributed by atoms with Gasteiger partial charge in [-0.25, -0.2) is 4.79 Å². The van der Waals surface area contributed by atoms with Gasteiger partial charge in [0.2, 0.25) is 0 Å². The number of hydrogen-bond acceptors (Lipinski definition) is 3. The molecule has 1 aromatic rings. The van der Waals surface area contributed by atoms with Gasteiger partial charge in [0.1, 0.15) is 0 Å². The Hall–Kier alpha value is -2.79. The Labute approximate surface area is 173 Å². The van der Waals surface area contributed by atoms with E-state index in [9.17, 15) is 40.7 Å². The maximum absolute atomic E-state index is 13.9. The number of rotatable bonds is 4. The Bertz CT molecular complexity index is 879. The Morgan fingerprint density at radius 2 is 1.74 bits per heavy atom. The summed E-state index contributed by atoms with van der Waals surface area (Å²) in [6.07, 6.45) is -6.36. The molecule has 12 heteroatoms. The molecule has 2 N–H and O–H groups in total. The minimum Gasteiger partial charge on any atom is -0.314 e. The zero-order valence-corrected chi connectivity index (χ0v) is 16.1. The molecule has 3 rings (SSSR count). The highest BCUT2D eigenvalue weighted by Crippen LogP contribution is 2.36. The van der Waals surface area contributed by atoms with Crippen LogP contribution < -0.4 is 10.6 Å². The topological polar surface area (TPSA) is 78.5 Å². The number of nitrogens with one attached hydrogen (secondary N) is 2. The van der Waals surface area contributed by atoms with Gasteiger partial charge in [0.05, 0.1) is 5.56 Å². The van der Waals surface area contributed by atoms with Crippen molar-refractivity contribution >= 4 is 17.8 Å². The molecular weight excluding hydrogens is 432 g/mol. The zero-order valence-electron chi connectivity index (χ0n) is 16.1. The molecule has 1 unspecified atom stereocenters. The van der Waals surface area contributed by atoms with Gasteiger partial charge in [-0.05, 0) is 37.0 Å². The summed E-state index contributed by atoms with van der Waals surface area (Å²) in [5.41, 5.74) is -5.75. The van der Waals surface area contributed by atoms with Crippen LogP contribution >= 0.6 is 0 Å². The van der Waals surface area contributed by atoms with E-state index in [0.717, 1.165) is 31.4 Å². The number of halogens is 6. The molecule has 1 atom stereocenters. The Morgan fingerprint density at radius 3 is 2.32 bits per heavy atom. The number of carbonyl (C=O) groups excluding carboxylic acids is 3. The first-order valence-corrected chi connectivity index (χ1v) is 9.56. The summed E-state index contributed by atoms with van der Waals surface area (Å²) in [6.45, 7) is -0.234. The van der Waals surface area contributed by atoms with Crippen LogP contribution in [0.25, 0.3) is 0 Å². The molecule has 1 aliphatic carbocycles. The van der Waals surface area contributed by atoms with Gasteiger partial charge in [0, 0.05) is 12.1 Å². The van der Waals surface area contributed by atoms with Gasteiger partial charge in [-0.2, -0.15) is 26.3 Å². The molecular formula is C19H19F6N3O3. The van der Waals surface area contributed by atoms with E-state index < -0.39 is 47.0 Å². The highest BCUT2D eigenvalue weighted by atomic mass is 19.4. The second-order valence-electron chi connectivity index (χ2n) is 7.63. The SMILES string of the molecule is O=C(NC1(C(F)(F)F)NC(=O)N(CC2CCCCC2)C1=O)c1cccc(C(F)(F)F)c1. The van der Waals surface area contributed by atoms with Crippen LogP contribution in [0.1, 0.15) is 48.0 Å². The second-order valence-corrected chi connectivity index (χ2v) is 7.63. The number of hydrogen-bond donors (Lipinski definition) is 2. The van der Waals surface area contributed by atoms with Gasteiger partial charge in [-0.1, -0.05) is 25.3 Å². The van der Waals surface area contributed by atoms with Crippen molar-refractivity contribution in [3.63, 3.8) is 0 Å². The van der Waals surface area contributed by atoms with Gasteiger partial charge in [-0.15, -0.1) is 0 Å². The van der Waals surface area contributed by atoms with E-state index in [-0.39, 0.29) is 12.5 Å². The molecule has 170 valence electrons. The van der Waals surface area contributed by atoms with E-state index in [0.29, 0.717) is 29.9 Å². The largest absolute Gasteiger partial charge is 0.440 e. The van der Waals surface area contributed by atoms with Crippen molar-refractivity contribution < 1.29 is 40.7 Å². The lowest BCUT2D eigenvalue weighted by molar-refractivity contribution is -0.200. The predicted molar refractivity (Wildman–Crippen MR) is 94.5 cm³/mol. The highest BCUT2D eigenvalue weighted by molar-refractivity contribution is 6.10. The fourth-order valence-electron chi connectivity index (χ4n) is 3.80. The van der Waals surface area contributed by atoms with E-state index in [1.807, 2.05) is 0 Å². The van der Waals surface area contributed by atoms with Crippen LogP contribution in [-0.2, 0) is 11.0 Å². The lowest BCUT2D eigenvalue weighted by Gasteiger charge is -2.30. The third-order valence-electron chi connectivity index (χ3n) is 5.45. The van der Waals surface area contributed by atoms with Gasteiger partial charge in [0.15, 0.2) is 0 Å². The van der Waals surface area contributed by atoms with E-state index >= 15 is 0 Å². The van der Waals surface area contributed by atoms with E-state index in [4.69, 9.17) is 0 Å². The number of amides is 4. The summed E-state index contributed by atoms with van der Waals surface area (Å²) < 4.78 is 80.2. The first-order valence-electron chi connectivity index (χ1n) is 9.56. The normalized spacial score (nSPS) is 23.1. The standard InChI is InChI=1S/C19H19F6N3O3/c20-18(21,22)13-8-4-7-12(9-13)14(29)26-17(19(23,24)25)15(30)28(16(31)27-17)10-11-5-2-1-3-6-11/h4,7-9,11H,1-3,5-6,10H2,(H,26,29)(H,27,31). The maximum atomic E-state index is 13.9. The quantitative estimate of drug-likeness (QED) is 0.540. The van der Waals surface area contributed by atoms with Crippen LogP contribution in [0.5, 0.6) is 0 Å². The van der Waals surface area contributed by atoms with Crippen molar-refractivity contribution in [2.75, 3.05) is 6.54 Å². The lowest BCUT2D eigenvalue weighted by Crippen LogP contribution is -2.69. The Balaban J connectivity index is 1.87. The fourth-order valence-corrected chi connectivity index (χ4v) is 3.80. The van der Waals surface area contributed by atoms with Crippen molar-refractivity contribution in [1.29, 1.82) is 0 Å². The number of nitrogens with zero attached hydrogens (tertiary/aromatic N) is 1. The second kappa shape index (κ2) is 8.04. The molecule has 1 saturated carbocycles. The average Bonchev–Trinajstić information content (AvgIpc) is 2.93. The molecule has 0 radical (unpaired) electrons. The molecule has 4 amide bonds. The van der Waals surface area contributed by atoms with Crippen LogP contribution in [0, 0.1) is 5.92 Å². The van der Waals surface area contributed by atoms with Crippen LogP contribution in [0.3, 0.4) is 0 Å². The van der Waals surface area contributed by atoms with Gasteiger partial charge >= 0.3 is 18.4 Å². The molecule has 0 spiro atoms. The monoisotopic (exact) mass is 451 g/mol. The highest BCUT2D eigenvalue weighted by Gasteiger charge is 2.68. The van der Waals surface area contributed by atoms with Crippen molar-refractivity contribution in [2.24, 2.45) is 5.92 Å². The number of carbonyl (C=O) groups is 3. The zero-order chi connectivity index (χ0) is 23.0. The molecule has 2 aliphatic rings. The predicted octanol–water partition coefficient (Wildman–Crippen LogP) is 3.83. The Kier molecular flexibility index (Phi) is 5.94. The average molecular weight is 451 g/mol. The molecule has 0 aromatic heterocycles. The van der Waals surface area contributed by atoms with Crippen LogP contribution in [0.2, 0.25) is 0 Å². The summed E-state index contributed by atoms with van der Waals surface area (Å²) >= 11 is 0. The van der Waals surface area contributed by atoms with Crippen molar-refractivity contribution in [2.45, 2.75) is 50.1 Å². The minimum atomic E-state index is -5.43. The third-order valence-corrected chi connectivity index (χ3v) is 5.45. The van der Waals surface area contributed by atoms with Gasteiger partial charge in [-0.3, -0.25) is 19.8 Å². The fraction of sp³-hybridized carbons (Fsp3) is 0.526. The van der Waals surface area contributed by atoms with Gasteiger partial charge < -0.3 is 5.32 Å². The Morgan fingerprint density at radius 1 is 1.10 bits per heavy atom. The first kappa shape index (κ1) is 22.9. The summed E-state index contributed by atoms with van der Waals surface area (Å²) in [5, 5.41) is 2.92. The molecule has 1 saturated heterocycles. The lowest BCUT2D eigenvalue weighted by atomic mass is 9.89. The summed E-state index contributed by atoms with van der Waals surface area (Å²) in [7, 11) is 0. The van der Waals surface area contributed by atoms with Crippen molar-refractivity contribution in [3.05, 3.63) is 35.4 Å². The number of urea groups is 1. The molecule has 31 heavy (non-hydrogen) atoms. The molecule has 1 aliphatic heterocycles. The third kappa shape index (κ3) is 4.47. The molecule has 0 bridgehead atoms. The minimum absolute atomic E-state index is 0.161. The maximum Gasteiger partial charge on any atom is 0.440 e. The number of alkyl halides is 6. The molecule has 1 aromatic carbocycles. The number of imide groups is 1. The summed E-state index contributed by atoms with van der Waals surface area (Å²) in [4.78, 5) is 37.7. The smallest absolute Gasteiger partial charge is 0.314 e. The first-order chi connectivity index (χ1) is 14.3. The summed E-state index contributed by atoms with van der Waals surface area (Å²) in [5.74, 6) is -3.46. The van der Waals surface area contributed by atoms with E-state index in [1.165, 1.54) is 10.6 Å². The van der Waals surface area contributed by atoms with Crippen LogP contribution in [0.4, 0.5) is 31.1 Å². The molecule has 1 heterocycles. The van der Waals surface area contributed by atoms with Crippen LogP contribution in [0.15, 0.2) is 24.3 Å². The number of benzene rings is 1. The van der Waals surface area contributed by atoms with E-state index in [2.05, 4.69) is 0 Å². The van der Waals surface area contributed by atoms with E-state index in [1.54, 1.807) is 0 Å². The van der Waals surface area contributed by atoms with Crippen molar-refractivity contribution in [1.82, 2.24) is 15.5 Å². The molecule has 6 nitrogen and oxygen atoms in total.